The highest BCUT2D eigenvalue weighted by Gasteiger charge is 2.18. The van der Waals surface area contributed by atoms with Crippen molar-refractivity contribution in [3.63, 3.8) is 0 Å². The SMILES string of the molecule is CC.Cc1ccc2c(c1)-c1ccc(-c3ccccc3)cc1C2. The van der Waals surface area contributed by atoms with E-state index in [2.05, 4.69) is 73.7 Å². The highest BCUT2D eigenvalue weighted by atomic mass is 14.2. The van der Waals surface area contributed by atoms with E-state index in [-0.39, 0.29) is 0 Å². The van der Waals surface area contributed by atoms with Gasteiger partial charge in [0.1, 0.15) is 0 Å². The van der Waals surface area contributed by atoms with Crippen LogP contribution in [0.2, 0.25) is 0 Å². The van der Waals surface area contributed by atoms with E-state index in [0.717, 1.165) is 6.42 Å². The van der Waals surface area contributed by atoms with Crippen LogP contribution in [0.3, 0.4) is 0 Å². The lowest BCUT2D eigenvalue weighted by atomic mass is 9.99. The Bertz CT molecular complexity index is 782. The Morgan fingerprint density at radius 2 is 1.41 bits per heavy atom. The van der Waals surface area contributed by atoms with Gasteiger partial charge in [-0.15, -0.1) is 0 Å². The zero-order valence-electron chi connectivity index (χ0n) is 13.6. The highest BCUT2D eigenvalue weighted by Crippen LogP contribution is 2.38. The largest absolute Gasteiger partial charge is 0.0683 e. The summed E-state index contributed by atoms with van der Waals surface area (Å²) in [5.74, 6) is 0. The quantitative estimate of drug-likeness (QED) is 0.387. The van der Waals surface area contributed by atoms with Gasteiger partial charge in [0, 0.05) is 0 Å². The topological polar surface area (TPSA) is 0 Å². The Morgan fingerprint density at radius 3 is 2.18 bits per heavy atom. The van der Waals surface area contributed by atoms with Crippen LogP contribution < -0.4 is 0 Å². The van der Waals surface area contributed by atoms with Crippen LogP contribution in [0.25, 0.3) is 22.3 Å². The normalized spacial score (nSPS) is 11.2. The zero-order valence-corrected chi connectivity index (χ0v) is 13.6. The molecule has 0 bridgehead atoms. The van der Waals surface area contributed by atoms with E-state index in [0.29, 0.717) is 0 Å². The first kappa shape index (κ1) is 14.6. The summed E-state index contributed by atoms with van der Waals surface area (Å²) in [5, 5.41) is 0. The molecule has 0 aromatic heterocycles. The second kappa shape index (κ2) is 6.19. The molecule has 0 unspecified atom stereocenters. The number of hydrogen-bond acceptors (Lipinski definition) is 0. The zero-order chi connectivity index (χ0) is 15.5. The van der Waals surface area contributed by atoms with Crippen LogP contribution >= 0.6 is 0 Å². The molecule has 0 amide bonds. The lowest BCUT2D eigenvalue weighted by Crippen LogP contribution is -1.83. The average molecular weight is 286 g/mol. The van der Waals surface area contributed by atoms with Crippen LogP contribution in [0.15, 0.2) is 66.7 Å². The van der Waals surface area contributed by atoms with Crippen LogP contribution in [0, 0.1) is 6.92 Å². The molecule has 0 radical (unpaired) electrons. The smallest absolute Gasteiger partial charge is 0.00132 e. The molecular weight excluding hydrogens is 264 g/mol. The van der Waals surface area contributed by atoms with Gasteiger partial charge in [0.25, 0.3) is 0 Å². The summed E-state index contributed by atoms with van der Waals surface area (Å²) in [6.07, 6.45) is 1.06. The molecule has 0 nitrogen and oxygen atoms in total. The fourth-order valence-electron chi connectivity index (χ4n) is 3.11. The monoisotopic (exact) mass is 286 g/mol. The third kappa shape index (κ3) is 2.57. The Kier molecular flexibility index (Phi) is 4.11. The van der Waals surface area contributed by atoms with Crippen LogP contribution in [0.5, 0.6) is 0 Å². The van der Waals surface area contributed by atoms with E-state index in [1.165, 1.54) is 38.9 Å². The fraction of sp³-hybridized carbons (Fsp3) is 0.182. The molecule has 1 aliphatic carbocycles. The van der Waals surface area contributed by atoms with Crippen molar-refractivity contribution in [2.24, 2.45) is 0 Å². The van der Waals surface area contributed by atoms with Crippen LogP contribution in [0.4, 0.5) is 0 Å². The molecule has 3 aromatic carbocycles. The number of aryl methyl sites for hydroxylation is 1. The summed E-state index contributed by atoms with van der Waals surface area (Å²) in [7, 11) is 0. The van der Waals surface area contributed by atoms with Gasteiger partial charge in [-0.3, -0.25) is 0 Å². The standard InChI is InChI=1S/C20H16.C2H6/c1-14-7-8-17-13-18-12-16(15-5-3-2-4-6-15)9-10-19(18)20(17)11-14;1-2/h2-12H,13H2,1H3;1-2H3. The van der Waals surface area contributed by atoms with Crippen molar-refractivity contribution in [1.82, 2.24) is 0 Å². The maximum Gasteiger partial charge on any atom is -0.00132 e. The molecule has 3 aromatic rings. The summed E-state index contributed by atoms with van der Waals surface area (Å²) in [4.78, 5) is 0. The van der Waals surface area contributed by atoms with E-state index >= 15 is 0 Å². The van der Waals surface area contributed by atoms with E-state index in [4.69, 9.17) is 0 Å². The van der Waals surface area contributed by atoms with Gasteiger partial charge in [-0.1, -0.05) is 86.1 Å². The summed E-state index contributed by atoms with van der Waals surface area (Å²) < 4.78 is 0. The first-order valence-corrected chi connectivity index (χ1v) is 8.09. The molecular formula is C22H22. The van der Waals surface area contributed by atoms with Crippen molar-refractivity contribution in [1.29, 1.82) is 0 Å². The van der Waals surface area contributed by atoms with Gasteiger partial charge in [0.05, 0.1) is 0 Å². The van der Waals surface area contributed by atoms with Gasteiger partial charge in [-0.05, 0) is 46.7 Å². The van der Waals surface area contributed by atoms with Gasteiger partial charge >= 0.3 is 0 Å². The number of benzene rings is 3. The van der Waals surface area contributed by atoms with Crippen molar-refractivity contribution >= 4 is 0 Å². The molecule has 110 valence electrons. The van der Waals surface area contributed by atoms with E-state index in [1.54, 1.807) is 0 Å². The van der Waals surface area contributed by atoms with Gasteiger partial charge in [0.15, 0.2) is 0 Å². The molecule has 1 aliphatic rings. The molecule has 0 saturated carbocycles. The summed E-state index contributed by atoms with van der Waals surface area (Å²) >= 11 is 0. The van der Waals surface area contributed by atoms with Gasteiger partial charge < -0.3 is 0 Å². The second-order valence-corrected chi connectivity index (χ2v) is 5.58. The van der Waals surface area contributed by atoms with E-state index < -0.39 is 0 Å². The molecule has 0 N–H and O–H groups in total. The maximum absolute atomic E-state index is 2.35. The van der Waals surface area contributed by atoms with Crippen LogP contribution in [0.1, 0.15) is 30.5 Å². The van der Waals surface area contributed by atoms with E-state index in [9.17, 15) is 0 Å². The fourth-order valence-corrected chi connectivity index (χ4v) is 3.11. The summed E-state index contributed by atoms with van der Waals surface area (Å²) in [6.45, 7) is 6.16. The van der Waals surface area contributed by atoms with Crippen molar-refractivity contribution in [3.05, 3.63) is 83.4 Å². The molecule has 0 spiro atoms. The molecule has 0 fully saturated rings. The second-order valence-electron chi connectivity index (χ2n) is 5.58. The highest BCUT2D eigenvalue weighted by molar-refractivity contribution is 5.80. The lowest BCUT2D eigenvalue weighted by Gasteiger charge is -2.06. The Balaban J connectivity index is 0.000000693. The Morgan fingerprint density at radius 1 is 0.636 bits per heavy atom. The molecule has 0 atom stereocenters. The van der Waals surface area contributed by atoms with Crippen molar-refractivity contribution < 1.29 is 0 Å². The first-order chi connectivity index (χ1) is 10.8. The first-order valence-electron chi connectivity index (χ1n) is 8.09. The Hall–Kier alpha value is -2.34. The number of fused-ring (bicyclic) bond motifs is 3. The molecule has 0 heterocycles. The van der Waals surface area contributed by atoms with Crippen molar-refractivity contribution in [2.75, 3.05) is 0 Å². The third-order valence-electron chi connectivity index (χ3n) is 4.15. The van der Waals surface area contributed by atoms with Gasteiger partial charge in [-0.2, -0.15) is 0 Å². The van der Waals surface area contributed by atoms with Crippen molar-refractivity contribution in [3.8, 4) is 22.3 Å². The molecule has 0 aliphatic heterocycles. The minimum absolute atomic E-state index is 1.06. The predicted molar refractivity (Wildman–Crippen MR) is 96.2 cm³/mol. The predicted octanol–water partition coefficient (Wildman–Crippen LogP) is 6.26. The summed E-state index contributed by atoms with van der Waals surface area (Å²) in [5.41, 5.74) is 9.67. The van der Waals surface area contributed by atoms with Gasteiger partial charge in [0.2, 0.25) is 0 Å². The van der Waals surface area contributed by atoms with E-state index in [1.807, 2.05) is 13.8 Å². The average Bonchev–Trinajstić information content (AvgIpc) is 2.94. The molecule has 0 heteroatoms. The Labute approximate surface area is 133 Å². The minimum Gasteiger partial charge on any atom is -0.0683 e. The van der Waals surface area contributed by atoms with Crippen LogP contribution in [-0.2, 0) is 6.42 Å². The summed E-state index contributed by atoms with van der Waals surface area (Å²) in [6, 6.07) is 24.3. The number of hydrogen-bond donors (Lipinski definition) is 0. The van der Waals surface area contributed by atoms with Crippen LogP contribution in [-0.4, -0.2) is 0 Å². The molecule has 22 heavy (non-hydrogen) atoms. The minimum atomic E-state index is 1.06. The maximum atomic E-state index is 2.35. The number of rotatable bonds is 1. The van der Waals surface area contributed by atoms with Crippen molar-refractivity contribution in [2.45, 2.75) is 27.2 Å². The molecule has 0 saturated heterocycles. The third-order valence-corrected chi connectivity index (χ3v) is 4.15. The molecule has 4 rings (SSSR count). The van der Waals surface area contributed by atoms with Gasteiger partial charge in [-0.25, -0.2) is 0 Å². The lowest BCUT2D eigenvalue weighted by molar-refractivity contribution is 1.26.